The minimum Gasteiger partial charge on any atom is -0.282 e. The van der Waals surface area contributed by atoms with E-state index in [9.17, 15) is 16.8 Å². The van der Waals surface area contributed by atoms with Gasteiger partial charge in [-0.25, -0.2) is 16.8 Å². The van der Waals surface area contributed by atoms with Crippen LogP contribution in [-0.4, -0.2) is 50.7 Å². The summed E-state index contributed by atoms with van der Waals surface area (Å²) in [4.78, 5) is 0.200. The summed E-state index contributed by atoms with van der Waals surface area (Å²) in [6.07, 6.45) is 4.47. The second-order valence-electron chi connectivity index (χ2n) is 7.51. The zero-order valence-corrected chi connectivity index (χ0v) is 18.2. The number of aromatic nitrogens is 2. The Balaban J connectivity index is 1.60. The van der Waals surface area contributed by atoms with Gasteiger partial charge in [0.15, 0.2) is 9.84 Å². The van der Waals surface area contributed by atoms with E-state index < -0.39 is 19.9 Å². The third-order valence-corrected chi connectivity index (χ3v) is 8.44. The summed E-state index contributed by atoms with van der Waals surface area (Å²) in [5.74, 6) is 0.00141. The summed E-state index contributed by atoms with van der Waals surface area (Å²) in [5.41, 5.74) is 2.96. The molecule has 0 aliphatic carbocycles. The first-order valence-electron chi connectivity index (χ1n) is 9.66. The molecule has 30 heavy (non-hydrogen) atoms. The van der Waals surface area contributed by atoms with E-state index >= 15 is 0 Å². The maximum absolute atomic E-state index is 13.2. The Labute approximate surface area is 176 Å². The maximum Gasteiger partial charge on any atom is 0.243 e. The Kier molecular flexibility index (Phi) is 5.52. The molecule has 1 atom stereocenters. The van der Waals surface area contributed by atoms with Crippen molar-refractivity contribution in [1.82, 2.24) is 14.5 Å². The summed E-state index contributed by atoms with van der Waals surface area (Å²) >= 11 is 0. The third-order valence-electron chi connectivity index (χ3n) is 5.44. The summed E-state index contributed by atoms with van der Waals surface area (Å²) in [6.45, 7) is 0.777. The molecular weight excluding hydrogens is 422 g/mol. The monoisotopic (exact) mass is 445 g/mol. The summed E-state index contributed by atoms with van der Waals surface area (Å²) in [6, 6.07) is 15.3. The van der Waals surface area contributed by atoms with Crippen molar-refractivity contribution in [3.05, 3.63) is 66.5 Å². The zero-order chi connectivity index (χ0) is 21.4. The highest BCUT2D eigenvalue weighted by molar-refractivity contribution is 7.90. The predicted octanol–water partition coefficient (Wildman–Crippen LogP) is 3.05. The van der Waals surface area contributed by atoms with Gasteiger partial charge < -0.3 is 0 Å². The van der Waals surface area contributed by atoms with Crippen molar-refractivity contribution in [2.75, 3.05) is 19.3 Å². The number of benzene rings is 2. The van der Waals surface area contributed by atoms with E-state index in [0.29, 0.717) is 13.1 Å². The highest BCUT2D eigenvalue weighted by Gasteiger charge is 2.32. The molecule has 0 amide bonds. The van der Waals surface area contributed by atoms with Gasteiger partial charge in [-0.2, -0.15) is 9.40 Å². The molecule has 0 bridgehead atoms. The summed E-state index contributed by atoms with van der Waals surface area (Å²) in [5, 5.41) is 7.27. The van der Waals surface area contributed by atoms with Crippen LogP contribution in [0.3, 0.4) is 0 Å². The van der Waals surface area contributed by atoms with E-state index in [2.05, 4.69) is 10.2 Å². The van der Waals surface area contributed by atoms with Crippen LogP contribution in [0.25, 0.3) is 11.1 Å². The highest BCUT2D eigenvalue weighted by Crippen LogP contribution is 2.34. The Morgan fingerprint density at radius 1 is 0.967 bits per heavy atom. The van der Waals surface area contributed by atoms with Gasteiger partial charge in [0.05, 0.1) is 16.0 Å². The fraction of sp³-hybridized carbons (Fsp3) is 0.286. The van der Waals surface area contributed by atoms with E-state index in [1.165, 1.54) is 28.6 Å². The molecule has 1 N–H and O–H groups in total. The first-order valence-corrected chi connectivity index (χ1v) is 13.0. The number of rotatable bonds is 5. The van der Waals surface area contributed by atoms with Crippen LogP contribution in [0.15, 0.2) is 70.6 Å². The molecule has 1 aliphatic rings. The molecule has 158 valence electrons. The van der Waals surface area contributed by atoms with E-state index in [-0.39, 0.29) is 15.7 Å². The van der Waals surface area contributed by atoms with Crippen LogP contribution in [0.5, 0.6) is 0 Å². The number of nitrogens with one attached hydrogen (secondary N) is 1. The first-order chi connectivity index (χ1) is 14.3. The van der Waals surface area contributed by atoms with Crippen molar-refractivity contribution in [3.63, 3.8) is 0 Å². The lowest BCUT2D eigenvalue weighted by molar-refractivity contribution is 0.313. The molecule has 0 spiro atoms. The number of hydrogen-bond donors (Lipinski definition) is 1. The molecule has 0 radical (unpaired) electrons. The number of H-pyrrole nitrogens is 1. The van der Waals surface area contributed by atoms with Crippen molar-refractivity contribution >= 4 is 19.9 Å². The lowest BCUT2D eigenvalue weighted by Crippen LogP contribution is -2.39. The highest BCUT2D eigenvalue weighted by atomic mass is 32.2. The molecule has 1 saturated heterocycles. The number of hydrogen-bond acceptors (Lipinski definition) is 5. The van der Waals surface area contributed by atoms with E-state index in [1.54, 1.807) is 6.20 Å². The van der Waals surface area contributed by atoms with Gasteiger partial charge in [-0.15, -0.1) is 0 Å². The molecule has 3 aromatic rings. The van der Waals surface area contributed by atoms with Gasteiger partial charge in [-0.05, 0) is 42.7 Å². The van der Waals surface area contributed by atoms with Crippen molar-refractivity contribution in [2.45, 2.75) is 28.6 Å². The Morgan fingerprint density at radius 2 is 1.63 bits per heavy atom. The normalized spacial score (nSPS) is 18.4. The largest absolute Gasteiger partial charge is 0.282 e. The van der Waals surface area contributed by atoms with Gasteiger partial charge in [-0.1, -0.05) is 30.3 Å². The van der Waals surface area contributed by atoms with Crippen molar-refractivity contribution in [2.24, 2.45) is 0 Å². The van der Waals surface area contributed by atoms with Crippen LogP contribution in [0, 0.1) is 0 Å². The van der Waals surface area contributed by atoms with Crippen molar-refractivity contribution < 1.29 is 16.8 Å². The van der Waals surface area contributed by atoms with Crippen LogP contribution in [-0.2, 0) is 19.9 Å². The number of sulfonamides is 1. The molecule has 7 nitrogen and oxygen atoms in total. The topological polar surface area (TPSA) is 100 Å². The van der Waals surface area contributed by atoms with E-state index in [0.717, 1.165) is 35.9 Å². The molecule has 0 saturated carbocycles. The molecule has 2 aromatic carbocycles. The lowest BCUT2D eigenvalue weighted by Gasteiger charge is -2.32. The minimum absolute atomic E-state index is 0.00141. The minimum atomic E-state index is -3.72. The zero-order valence-electron chi connectivity index (χ0n) is 16.5. The van der Waals surface area contributed by atoms with Gasteiger partial charge >= 0.3 is 0 Å². The van der Waals surface area contributed by atoms with Gasteiger partial charge in [0, 0.05) is 36.5 Å². The molecular formula is C21H23N3O4S2. The van der Waals surface area contributed by atoms with Crippen molar-refractivity contribution in [3.8, 4) is 11.1 Å². The van der Waals surface area contributed by atoms with Crippen molar-refractivity contribution in [1.29, 1.82) is 0 Å². The van der Waals surface area contributed by atoms with Crippen LogP contribution in [0.1, 0.15) is 24.5 Å². The third kappa shape index (κ3) is 4.05. The van der Waals surface area contributed by atoms with Crippen LogP contribution in [0.4, 0.5) is 0 Å². The second-order valence-corrected chi connectivity index (χ2v) is 11.5. The fourth-order valence-electron chi connectivity index (χ4n) is 3.86. The Hall–Kier alpha value is -2.49. The quantitative estimate of drug-likeness (QED) is 0.651. The smallest absolute Gasteiger partial charge is 0.243 e. The second kappa shape index (κ2) is 7.98. The van der Waals surface area contributed by atoms with E-state index in [4.69, 9.17) is 0 Å². The SMILES string of the molecule is CS(=O)(=O)c1ccc(S(=O)(=O)N2CCC[C@@H](c3[nH]ncc3-c3ccccc3)C2)cc1. The van der Waals surface area contributed by atoms with Crippen LogP contribution in [0.2, 0.25) is 0 Å². The Morgan fingerprint density at radius 3 is 2.30 bits per heavy atom. The average molecular weight is 446 g/mol. The Bertz CT molecular complexity index is 1230. The molecule has 1 aromatic heterocycles. The number of nitrogens with zero attached hydrogens (tertiary/aromatic N) is 2. The van der Waals surface area contributed by atoms with Gasteiger partial charge in [0.1, 0.15) is 0 Å². The fourth-order valence-corrected chi connectivity index (χ4v) is 6.01. The molecule has 4 rings (SSSR count). The van der Waals surface area contributed by atoms with Crippen LogP contribution >= 0.6 is 0 Å². The van der Waals surface area contributed by atoms with Gasteiger partial charge in [0.2, 0.25) is 10.0 Å². The van der Waals surface area contributed by atoms with Gasteiger partial charge in [-0.3, -0.25) is 5.10 Å². The molecule has 1 aliphatic heterocycles. The standard InChI is InChI=1S/C21H23N3O4S2/c1-29(25,26)18-9-11-19(12-10-18)30(27,28)24-13-5-8-17(15-24)21-20(14-22-23-21)16-6-3-2-4-7-16/h2-4,6-7,9-12,14,17H,5,8,13,15H2,1H3,(H,22,23)/t17-/m1/s1. The number of aromatic amines is 1. The van der Waals surface area contributed by atoms with Crippen LogP contribution < -0.4 is 0 Å². The number of sulfone groups is 1. The molecule has 1 fully saturated rings. The number of piperidine rings is 1. The molecule has 9 heteroatoms. The van der Waals surface area contributed by atoms with Gasteiger partial charge in [0.25, 0.3) is 0 Å². The molecule has 0 unspecified atom stereocenters. The summed E-state index contributed by atoms with van der Waals surface area (Å²) < 4.78 is 51.1. The average Bonchev–Trinajstić information content (AvgIpc) is 3.24. The summed E-state index contributed by atoms with van der Waals surface area (Å²) in [7, 11) is -7.10. The molecule has 2 heterocycles. The van der Waals surface area contributed by atoms with E-state index in [1.807, 2.05) is 30.3 Å². The first kappa shape index (κ1) is 20.8. The predicted molar refractivity (Wildman–Crippen MR) is 114 cm³/mol. The lowest BCUT2D eigenvalue weighted by atomic mass is 9.91. The maximum atomic E-state index is 13.2.